The number of aromatic hydroxyl groups is 1. The number of benzene rings is 1. The highest BCUT2D eigenvalue weighted by molar-refractivity contribution is 5.90. The van der Waals surface area contributed by atoms with Gasteiger partial charge in [-0.2, -0.15) is 0 Å². The zero-order valence-electron chi connectivity index (χ0n) is 9.87. The lowest BCUT2D eigenvalue weighted by Crippen LogP contribution is -2.24. The molecule has 0 unspecified atom stereocenters. The summed E-state index contributed by atoms with van der Waals surface area (Å²) < 4.78 is 0. The van der Waals surface area contributed by atoms with E-state index in [0.29, 0.717) is 11.6 Å². The average molecular weight is 222 g/mol. The van der Waals surface area contributed by atoms with Crippen LogP contribution in [0.5, 0.6) is 5.75 Å². The maximum atomic E-state index is 11.1. The Morgan fingerprint density at radius 2 is 2.12 bits per heavy atom. The second-order valence-corrected chi connectivity index (χ2v) is 4.12. The Kier molecular flexibility index (Phi) is 4.17. The average Bonchev–Trinajstić information content (AvgIpc) is 2.23. The van der Waals surface area contributed by atoms with Gasteiger partial charge in [-0.25, -0.2) is 4.79 Å². The summed E-state index contributed by atoms with van der Waals surface area (Å²) in [7, 11) is 1.53. The zero-order valence-corrected chi connectivity index (χ0v) is 9.87. The van der Waals surface area contributed by atoms with Crippen LogP contribution in [0, 0.1) is 5.92 Å². The highest BCUT2D eigenvalue weighted by Gasteiger charge is 2.09. The number of urea groups is 1. The molecule has 0 aliphatic carbocycles. The van der Waals surface area contributed by atoms with Crippen molar-refractivity contribution in [2.45, 2.75) is 20.3 Å². The SMILES string of the molecule is CNC(=O)Nc1cccc(CC(C)C)c1O. The van der Waals surface area contributed by atoms with Crippen molar-refractivity contribution >= 4 is 11.7 Å². The van der Waals surface area contributed by atoms with E-state index >= 15 is 0 Å². The Hall–Kier alpha value is -1.71. The highest BCUT2D eigenvalue weighted by atomic mass is 16.3. The van der Waals surface area contributed by atoms with Crippen LogP contribution in [-0.4, -0.2) is 18.2 Å². The van der Waals surface area contributed by atoms with E-state index in [1.807, 2.05) is 12.1 Å². The third-order valence-corrected chi connectivity index (χ3v) is 2.22. The molecule has 3 N–H and O–H groups in total. The molecule has 0 radical (unpaired) electrons. The first kappa shape index (κ1) is 12.4. The van der Waals surface area contributed by atoms with Crippen LogP contribution >= 0.6 is 0 Å². The fraction of sp³-hybridized carbons (Fsp3) is 0.417. The van der Waals surface area contributed by atoms with E-state index in [0.717, 1.165) is 12.0 Å². The summed E-state index contributed by atoms with van der Waals surface area (Å²) >= 11 is 0. The molecule has 0 saturated carbocycles. The molecule has 2 amide bonds. The normalized spacial score (nSPS) is 10.2. The van der Waals surface area contributed by atoms with Gasteiger partial charge in [0.15, 0.2) is 0 Å². The van der Waals surface area contributed by atoms with Crippen LogP contribution in [0.15, 0.2) is 18.2 Å². The van der Waals surface area contributed by atoms with Crippen molar-refractivity contribution in [1.29, 1.82) is 0 Å². The number of carbonyl (C=O) groups is 1. The molecule has 0 fully saturated rings. The van der Waals surface area contributed by atoms with Crippen molar-refractivity contribution in [1.82, 2.24) is 5.32 Å². The molecule has 0 aliphatic rings. The molecule has 4 nitrogen and oxygen atoms in total. The topological polar surface area (TPSA) is 61.4 Å². The number of hydrogen-bond acceptors (Lipinski definition) is 2. The molecule has 1 aromatic carbocycles. The fourth-order valence-corrected chi connectivity index (χ4v) is 1.48. The first-order chi connectivity index (χ1) is 7.54. The molecule has 0 atom stereocenters. The number of carbonyl (C=O) groups excluding carboxylic acids is 1. The maximum Gasteiger partial charge on any atom is 0.319 e. The number of hydrogen-bond donors (Lipinski definition) is 3. The maximum absolute atomic E-state index is 11.1. The summed E-state index contributed by atoms with van der Waals surface area (Å²) in [6.45, 7) is 4.16. The van der Waals surface area contributed by atoms with Crippen molar-refractivity contribution in [3.8, 4) is 5.75 Å². The van der Waals surface area contributed by atoms with E-state index in [2.05, 4.69) is 24.5 Å². The number of phenolic OH excluding ortho intramolecular Hbond substituents is 1. The van der Waals surface area contributed by atoms with Gasteiger partial charge >= 0.3 is 6.03 Å². The smallest absolute Gasteiger partial charge is 0.319 e. The first-order valence-electron chi connectivity index (χ1n) is 5.34. The number of anilines is 1. The van der Waals surface area contributed by atoms with Crippen LogP contribution in [0.3, 0.4) is 0 Å². The van der Waals surface area contributed by atoms with E-state index in [-0.39, 0.29) is 11.8 Å². The Balaban J connectivity index is 2.90. The molecule has 0 spiro atoms. The monoisotopic (exact) mass is 222 g/mol. The van der Waals surface area contributed by atoms with Crippen LogP contribution in [-0.2, 0) is 6.42 Å². The lowest BCUT2D eigenvalue weighted by molar-refractivity contribution is 0.254. The molecule has 0 bridgehead atoms. The third-order valence-electron chi connectivity index (χ3n) is 2.22. The van der Waals surface area contributed by atoms with Gasteiger partial charge in [0, 0.05) is 7.05 Å². The predicted octanol–water partition coefficient (Wildman–Crippen LogP) is 2.34. The second kappa shape index (κ2) is 5.39. The van der Waals surface area contributed by atoms with E-state index in [1.54, 1.807) is 6.07 Å². The lowest BCUT2D eigenvalue weighted by Gasteiger charge is -2.12. The Labute approximate surface area is 95.7 Å². The predicted molar refractivity (Wildman–Crippen MR) is 64.7 cm³/mol. The molecule has 1 rings (SSSR count). The molecular formula is C12H18N2O2. The summed E-state index contributed by atoms with van der Waals surface area (Å²) in [6.07, 6.45) is 0.787. The number of para-hydroxylation sites is 1. The first-order valence-corrected chi connectivity index (χ1v) is 5.34. The molecule has 4 heteroatoms. The van der Waals surface area contributed by atoms with Crippen LogP contribution < -0.4 is 10.6 Å². The van der Waals surface area contributed by atoms with Gasteiger partial charge in [0.05, 0.1) is 5.69 Å². The quantitative estimate of drug-likeness (QED) is 0.687. The lowest BCUT2D eigenvalue weighted by atomic mass is 10.0. The fourth-order valence-electron chi connectivity index (χ4n) is 1.48. The summed E-state index contributed by atoms with van der Waals surface area (Å²) in [6, 6.07) is 5.03. The minimum Gasteiger partial charge on any atom is -0.505 e. The van der Waals surface area contributed by atoms with Gasteiger partial charge in [-0.05, 0) is 24.0 Å². The molecule has 0 aliphatic heterocycles. The van der Waals surface area contributed by atoms with Gasteiger partial charge in [0.2, 0.25) is 0 Å². The van der Waals surface area contributed by atoms with Crippen molar-refractivity contribution < 1.29 is 9.90 Å². The highest BCUT2D eigenvalue weighted by Crippen LogP contribution is 2.29. The second-order valence-electron chi connectivity index (χ2n) is 4.12. The van der Waals surface area contributed by atoms with E-state index in [4.69, 9.17) is 0 Å². The third kappa shape index (κ3) is 3.15. The van der Waals surface area contributed by atoms with Gasteiger partial charge in [0.1, 0.15) is 5.75 Å². The molecular weight excluding hydrogens is 204 g/mol. The van der Waals surface area contributed by atoms with E-state index in [9.17, 15) is 9.90 Å². The molecule has 16 heavy (non-hydrogen) atoms. The summed E-state index contributed by atoms with van der Waals surface area (Å²) in [4.78, 5) is 11.1. The standard InChI is InChI=1S/C12H18N2O2/c1-8(2)7-9-5-4-6-10(11(9)15)14-12(16)13-3/h4-6,8,15H,7H2,1-3H3,(H2,13,14,16). The number of nitrogens with one attached hydrogen (secondary N) is 2. The summed E-state index contributed by atoms with van der Waals surface area (Å²) in [5, 5.41) is 15.0. The molecule has 1 aromatic rings. The van der Waals surface area contributed by atoms with Gasteiger partial charge < -0.3 is 15.7 Å². The van der Waals surface area contributed by atoms with Crippen molar-refractivity contribution in [2.75, 3.05) is 12.4 Å². The largest absolute Gasteiger partial charge is 0.505 e. The molecule has 0 aromatic heterocycles. The molecule has 88 valence electrons. The van der Waals surface area contributed by atoms with Crippen molar-refractivity contribution in [3.05, 3.63) is 23.8 Å². The van der Waals surface area contributed by atoms with Crippen LogP contribution in [0.2, 0.25) is 0 Å². The van der Waals surface area contributed by atoms with Gasteiger partial charge in [-0.15, -0.1) is 0 Å². The summed E-state index contributed by atoms with van der Waals surface area (Å²) in [5.41, 5.74) is 1.29. The minimum absolute atomic E-state index is 0.153. The van der Waals surface area contributed by atoms with Crippen molar-refractivity contribution in [2.24, 2.45) is 5.92 Å². The van der Waals surface area contributed by atoms with Crippen molar-refractivity contribution in [3.63, 3.8) is 0 Å². The Morgan fingerprint density at radius 1 is 1.44 bits per heavy atom. The van der Waals surface area contributed by atoms with Crippen LogP contribution in [0.1, 0.15) is 19.4 Å². The van der Waals surface area contributed by atoms with Crippen LogP contribution in [0.25, 0.3) is 0 Å². The number of amides is 2. The van der Waals surface area contributed by atoms with Gasteiger partial charge in [0.25, 0.3) is 0 Å². The Morgan fingerprint density at radius 3 is 2.69 bits per heavy atom. The van der Waals surface area contributed by atoms with Crippen LogP contribution in [0.4, 0.5) is 10.5 Å². The van der Waals surface area contributed by atoms with E-state index in [1.165, 1.54) is 7.05 Å². The van der Waals surface area contributed by atoms with Gasteiger partial charge in [-0.1, -0.05) is 26.0 Å². The van der Waals surface area contributed by atoms with E-state index < -0.39 is 0 Å². The zero-order chi connectivity index (χ0) is 12.1. The van der Waals surface area contributed by atoms with Gasteiger partial charge in [-0.3, -0.25) is 0 Å². The summed E-state index contributed by atoms with van der Waals surface area (Å²) in [5.74, 6) is 0.612. The Bertz CT molecular complexity index is 375. The number of phenols is 1. The minimum atomic E-state index is -0.336. The molecule has 0 saturated heterocycles. The molecule has 0 heterocycles. The number of rotatable bonds is 3.